The van der Waals surface area contributed by atoms with Gasteiger partial charge in [0, 0.05) is 22.5 Å². The van der Waals surface area contributed by atoms with Crippen LogP contribution in [0.1, 0.15) is 27.8 Å². The molecule has 0 amide bonds. The van der Waals surface area contributed by atoms with Gasteiger partial charge in [0.1, 0.15) is 0 Å². The third-order valence-corrected chi connectivity index (χ3v) is 11.7. The zero-order chi connectivity index (χ0) is 33.8. The van der Waals surface area contributed by atoms with E-state index in [0.29, 0.717) is 0 Å². The van der Waals surface area contributed by atoms with E-state index in [1.165, 1.54) is 55.6 Å². The number of hydrogen-bond donors (Lipinski definition) is 0. The van der Waals surface area contributed by atoms with Crippen molar-refractivity contribution in [2.75, 3.05) is 6.16 Å². The first-order chi connectivity index (χ1) is 25.3. The van der Waals surface area contributed by atoms with Gasteiger partial charge in [-0.3, -0.25) is 4.98 Å². The summed E-state index contributed by atoms with van der Waals surface area (Å²) in [5.41, 5.74) is 16.1. The number of aromatic nitrogens is 2. The quantitative estimate of drug-likeness (QED) is 0.135. The highest BCUT2D eigenvalue weighted by Gasteiger charge is 2.46. The second-order valence-corrected chi connectivity index (χ2v) is 14.5. The van der Waals surface area contributed by atoms with Gasteiger partial charge in [-0.2, -0.15) is 0 Å². The molecule has 240 valence electrons. The van der Waals surface area contributed by atoms with Gasteiger partial charge >= 0.3 is 0 Å². The van der Waals surface area contributed by atoms with Crippen molar-refractivity contribution in [1.29, 1.82) is 0 Å². The number of nitrogens with zero attached hydrogens (tertiary/aromatic N) is 2. The number of benzene rings is 6. The minimum Gasteiger partial charge on any atom is -0.254 e. The topological polar surface area (TPSA) is 25.8 Å². The molecule has 1 aliphatic heterocycles. The average molecular weight is 669 g/mol. The number of rotatable bonds is 5. The Balaban J connectivity index is 1.28. The van der Waals surface area contributed by atoms with Gasteiger partial charge in [-0.05, 0) is 86.1 Å². The molecule has 2 aliphatic rings. The van der Waals surface area contributed by atoms with Crippen molar-refractivity contribution in [2.45, 2.75) is 5.41 Å². The van der Waals surface area contributed by atoms with Crippen LogP contribution in [0.5, 0.6) is 0 Å². The van der Waals surface area contributed by atoms with Crippen molar-refractivity contribution in [3.05, 3.63) is 210 Å². The smallest absolute Gasteiger partial charge is 0.0972 e. The molecule has 0 N–H and O–H groups in total. The number of hydrogen-bond acceptors (Lipinski definition) is 2. The normalized spacial score (nSPS) is 14.8. The lowest BCUT2D eigenvalue weighted by Crippen LogP contribution is -2.28. The Labute approximate surface area is 299 Å². The predicted molar refractivity (Wildman–Crippen MR) is 216 cm³/mol. The van der Waals surface area contributed by atoms with Crippen LogP contribution in [-0.4, -0.2) is 16.1 Å². The Kier molecular flexibility index (Phi) is 7.11. The summed E-state index contributed by atoms with van der Waals surface area (Å²) in [6.07, 6.45) is 7.41. The van der Waals surface area contributed by atoms with Crippen LogP contribution >= 0.6 is 8.58 Å². The van der Waals surface area contributed by atoms with Gasteiger partial charge in [-0.25, -0.2) is 4.98 Å². The van der Waals surface area contributed by atoms with E-state index < -0.39 is 5.41 Å². The number of fused-ring (bicyclic) bond motifs is 6. The van der Waals surface area contributed by atoms with Crippen molar-refractivity contribution in [3.8, 4) is 33.5 Å². The zero-order valence-electron chi connectivity index (χ0n) is 27.9. The summed E-state index contributed by atoms with van der Waals surface area (Å²) in [6, 6.07) is 57.9. The molecule has 1 unspecified atom stereocenters. The number of pyridine rings is 2. The summed E-state index contributed by atoms with van der Waals surface area (Å²) in [7, 11) is 0.833. The minimum absolute atomic E-state index is 0.487. The predicted octanol–water partition coefficient (Wildman–Crippen LogP) is 12.1. The SMILES string of the molecule is C1=CPCC(c2ccc(-c3cc4c(cc3-c3ccc5ccc6cccnc6c5n3)-c3ccccc3C4(c3ccccc3)c3ccccc3)cc2)=C1. The third-order valence-electron chi connectivity index (χ3n) is 10.7. The minimum atomic E-state index is -0.487. The summed E-state index contributed by atoms with van der Waals surface area (Å²) >= 11 is 0. The largest absolute Gasteiger partial charge is 0.254 e. The monoisotopic (exact) mass is 668 g/mol. The summed E-state index contributed by atoms with van der Waals surface area (Å²) in [4.78, 5) is 10.2. The Hall–Kier alpha value is -5.95. The molecule has 0 spiro atoms. The molecule has 6 aromatic carbocycles. The van der Waals surface area contributed by atoms with Crippen molar-refractivity contribution < 1.29 is 0 Å². The van der Waals surface area contributed by atoms with E-state index >= 15 is 0 Å². The van der Waals surface area contributed by atoms with E-state index in [1.54, 1.807) is 0 Å². The van der Waals surface area contributed by atoms with Gasteiger partial charge in [-0.15, -0.1) is 0 Å². The lowest BCUT2D eigenvalue weighted by Gasteiger charge is -2.34. The van der Waals surface area contributed by atoms with E-state index in [9.17, 15) is 0 Å². The second-order valence-electron chi connectivity index (χ2n) is 13.4. The maximum absolute atomic E-state index is 5.41. The number of allylic oxidation sites excluding steroid dienone is 3. The second kappa shape index (κ2) is 12.1. The Bertz CT molecular complexity index is 2640. The van der Waals surface area contributed by atoms with Crippen LogP contribution < -0.4 is 0 Å². The van der Waals surface area contributed by atoms with Crippen LogP contribution in [-0.2, 0) is 5.41 Å². The van der Waals surface area contributed by atoms with Gasteiger partial charge in [0.05, 0.1) is 22.1 Å². The fourth-order valence-corrected chi connectivity index (χ4v) is 9.23. The van der Waals surface area contributed by atoms with Gasteiger partial charge in [0.15, 0.2) is 0 Å². The van der Waals surface area contributed by atoms with Crippen molar-refractivity contribution in [1.82, 2.24) is 9.97 Å². The molecule has 3 heterocycles. The molecule has 3 heteroatoms. The summed E-state index contributed by atoms with van der Waals surface area (Å²) in [5, 5.41) is 2.18. The molecule has 0 radical (unpaired) electrons. The highest BCUT2D eigenvalue weighted by atomic mass is 31.1. The van der Waals surface area contributed by atoms with Gasteiger partial charge in [0.2, 0.25) is 0 Å². The average Bonchev–Trinajstić information content (AvgIpc) is 3.51. The van der Waals surface area contributed by atoms with Crippen molar-refractivity contribution in [3.63, 3.8) is 0 Å². The highest BCUT2D eigenvalue weighted by molar-refractivity contribution is 7.42. The Morgan fingerprint density at radius 2 is 1.20 bits per heavy atom. The van der Waals surface area contributed by atoms with Gasteiger partial charge < -0.3 is 0 Å². The molecule has 51 heavy (non-hydrogen) atoms. The first-order valence-electron chi connectivity index (χ1n) is 17.5. The van der Waals surface area contributed by atoms with E-state index in [-0.39, 0.29) is 0 Å². The molecular weight excluding hydrogens is 636 g/mol. The molecule has 0 saturated carbocycles. The van der Waals surface area contributed by atoms with Crippen LogP contribution in [0.3, 0.4) is 0 Å². The highest BCUT2D eigenvalue weighted by Crippen LogP contribution is 2.58. The zero-order valence-corrected chi connectivity index (χ0v) is 28.9. The van der Waals surface area contributed by atoms with E-state index in [2.05, 4.69) is 170 Å². The standard InChI is InChI=1S/C48H33N2P/c1-3-13-37(14-4-1)48(38-15-5-2-6-16-38)43-18-8-7-17-39(43)41-29-42(45-26-25-35-24-23-34-11-9-27-49-46(34)47(35)50-45)40(30-44(41)48)33-21-19-32(20-22-33)36-12-10-28-51-31-36/h1-30,51H,31H2. The maximum atomic E-state index is 5.41. The molecule has 0 fully saturated rings. The first kappa shape index (κ1) is 29.9. The summed E-state index contributed by atoms with van der Waals surface area (Å²) in [5.74, 6) is 2.27. The Morgan fingerprint density at radius 3 is 1.94 bits per heavy atom. The molecule has 1 aliphatic carbocycles. The van der Waals surface area contributed by atoms with E-state index in [4.69, 9.17) is 9.97 Å². The molecule has 2 nitrogen and oxygen atoms in total. The lowest BCUT2D eigenvalue weighted by atomic mass is 9.67. The molecular formula is C48H33N2P. The lowest BCUT2D eigenvalue weighted by molar-refractivity contribution is 0.769. The molecule has 0 saturated heterocycles. The van der Waals surface area contributed by atoms with Crippen LogP contribution in [0.15, 0.2) is 182 Å². The van der Waals surface area contributed by atoms with Crippen molar-refractivity contribution >= 4 is 36.0 Å². The fourth-order valence-electron chi connectivity index (χ4n) is 8.33. The van der Waals surface area contributed by atoms with Gasteiger partial charge in [-0.1, -0.05) is 160 Å². The summed E-state index contributed by atoms with van der Waals surface area (Å²) in [6.45, 7) is 0. The molecule has 0 bridgehead atoms. The van der Waals surface area contributed by atoms with Crippen LogP contribution in [0.25, 0.3) is 60.9 Å². The first-order valence-corrected chi connectivity index (χ1v) is 18.8. The molecule has 10 rings (SSSR count). The van der Waals surface area contributed by atoms with Crippen LogP contribution in [0.4, 0.5) is 0 Å². The van der Waals surface area contributed by atoms with Crippen molar-refractivity contribution in [2.24, 2.45) is 0 Å². The molecule has 8 aromatic rings. The van der Waals surface area contributed by atoms with Crippen LogP contribution in [0.2, 0.25) is 0 Å². The third kappa shape index (κ3) is 4.75. The fraction of sp³-hybridized carbons (Fsp3) is 0.0417. The summed E-state index contributed by atoms with van der Waals surface area (Å²) < 4.78 is 0. The maximum Gasteiger partial charge on any atom is 0.0972 e. The van der Waals surface area contributed by atoms with Gasteiger partial charge in [0.25, 0.3) is 0 Å². The molecule has 2 aromatic heterocycles. The van der Waals surface area contributed by atoms with Crippen LogP contribution in [0, 0.1) is 0 Å². The Morgan fingerprint density at radius 1 is 0.510 bits per heavy atom. The van der Waals surface area contributed by atoms with E-state index in [1.807, 2.05) is 12.3 Å². The van der Waals surface area contributed by atoms with E-state index in [0.717, 1.165) is 47.8 Å². The molecule has 1 atom stereocenters.